The van der Waals surface area contributed by atoms with Gasteiger partial charge in [0.15, 0.2) is 5.65 Å². The summed E-state index contributed by atoms with van der Waals surface area (Å²) in [5.74, 6) is 0.211. The molecular formula is C24H25FN4. The van der Waals surface area contributed by atoms with Gasteiger partial charge in [-0.05, 0) is 67.5 Å². The highest BCUT2D eigenvalue weighted by Gasteiger charge is 2.25. The minimum atomic E-state index is -0.218. The molecule has 4 rings (SSSR count). The number of aromatic amines is 1. The molecule has 0 atom stereocenters. The third-order valence-corrected chi connectivity index (χ3v) is 5.51. The van der Waals surface area contributed by atoms with Gasteiger partial charge in [-0.1, -0.05) is 19.1 Å². The Morgan fingerprint density at radius 1 is 1.34 bits per heavy atom. The van der Waals surface area contributed by atoms with Crippen LogP contribution in [0, 0.1) is 5.82 Å². The normalized spacial score (nSPS) is 15.2. The monoisotopic (exact) mass is 388 g/mol. The molecule has 0 saturated heterocycles. The Labute approximate surface area is 170 Å². The van der Waals surface area contributed by atoms with E-state index in [2.05, 4.69) is 32.6 Å². The second-order valence-electron chi connectivity index (χ2n) is 7.60. The van der Waals surface area contributed by atoms with Crippen molar-refractivity contribution in [3.05, 3.63) is 71.5 Å². The highest BCUT2D eigenvalue weighted by Crippen LogP contribution is 2.41. The number of rotatable bonds is 6. The summed E-state index contributed by atoms with van der Waals surface area (Å²) in [5.41, 5.74) is 5.98. The van der Waals surface area contributed by atoms with Crippen molar-refractivity contribution in [3.63, 3.8) is 0 Å². The third-order valence-electron chi connectivity index (χ3n) is 5.51. The fourth-order valence-electron chi connectivity index (χ4n) is 3.89. The van der Waals surface area contributed by atoms with Crippen molar-refractivity contribution in [1.82, 2.24) is 15.0 Å². The number of nitrogens with one attached hydrogen (secondary N) is 1. The number of H-pyrrole nitrogens is 1. The molecule has 0 spiro atoms. The Bertz CT molecular complexity index is 1120. The minimum Gasteiger partial charge on any atom is -0.345 e. The number of aliphatic imine (C=N–C) groups is 1. The molecule has 1 aliphatic carbocycles. The van der Waals surface area contributed by atoms with E-state index in [0.717, 1.165) is 40.8 Å². The standard InChI is InChI=1S/C24H25FN4/c1-4-26-16(3)12-15(2)13-20-18(17-6-5-7-17)8-9-19(23(20)25)22-14-28-24-21(29-22)10-11-27-24/h4,8-12,14,17H,2,5-7,13H2,1,3H3,(H,27,28)/b16-12-,26-4?. The van der Waals surface area contributed by atoms with Gasteiger partial charge in [0.05, 0.1) is 11.9 Å². The molecule has 2 aromatic heterocycles. The zero-order valence-corrected chi connectivity index (χ0v) is 16.9. The van der Waals surface area contributed by atoms with E-state index in [1.807, 2.05) is 32.1 Å². The van der Waals surface area contributed by atoms with Gasteiger partial charge in [0.25, 0.3) is 0 Å². The highest BCUT2D eigenvalue weighted by atomic mass is 19.1. The van der Waals surface area contributed by atoms with Gasteiger partial charge in [-0.15, -0.1) is 0 Å². The fourth-order valence-corrected chi connectivity index (χ4v) is 3.89. The lowest BCUT2D eigenvalue weighted by Crippen LogP contribution is -2.13. The zero-order chi connectivity index (χ0) is 20.4. The second-order valence-corrected chi connectivity index (χ2v) is 7.60. The van der Waals surface area contributed by atoms with Crippen LogP contribution in [0.4, 0.5) is 4.39 Å². The van der Waals surface area contributed by atoms with Gasteiger partial charge in [-0.2, -0.15) is 0 Å². The zero-order valence-electron chi connectivity index (χ0n) is 16.9. The minimum absolute atomic E-state index is 0.218. The van der Waals surface area contributed by atoms with Crippen molar-refractivity contribution in [3.8, 4) is 11.3 Å². The molecular weight excluding hydrogens is 363 g/mol. The Kier molecular flexibility index (Phi) is 5.38. The maximum absolute atomic E-state index is 15.7. The third kappa shape index (κ3) is 3.90. The number of fused-ring (bicyclic) bond motifs is 1. The van der Waals surface area contributed by atoms with Crippen molar-refractivity contribution in [2.75, 3.05) is 0 Å². The Hall–Kier alpha value is -3.08. The largest absolute Gasteiger partial charge is 0.345 e. The molecule has 0 aliphatic heterocycles. The van der Waals surface area contributed by atoms with Gasteiger partial charge in [0, 0.05) is 30.1 Å². The first-order valence-electron chi connectivity index (χ1n) is 10.0. The molecule has 0 amide bonds. The lowest BCUT2D eigenvalue weighted by atomic mass is 9.76. The maximum Gasteiger partial charge on any atom is 0.156 e. The van der Waals surface area contributed by atoms with Crippen LogP contribution < -0.4 is 0 Å². The van der Waals surface area contributed by atoms with Gasteiger partial charge in [-0.25, -0.2) is 14.4 Å². The molecule has 1 aromatic carbocycles. The van der Waals surface area contributed by atoms with Gasteiger partial charge in [0.1, 0.15) is 11.3 Å². The van der Waals surface area contributed by atoms with E-state index in [1.54, 1.807) is 18.6 Å². The molecule has 1 N–H and O–H groups in total. The first kappa shape index (κ1) is 19.2. The SMILES string of the molecule is C=C(/C=C(/C)N=CC)Cc1c(C2CCC2)ccc(-c2cnc3[nH]ccc3n2)c1F. The van der Waals surface area contributed by atoms with E-state index in [0.29, 0.717) is 29.2 Å². The van der Waals surface area contributed by atoms with E-state index >= 15 is 4.39 Å². The summed E-state index contributed by atoms with van der Waals surface area (Å²) in [4.78, 5) is 16.2. The van der Waals surface area contributed by atoms with Crippen molar-refractivity contribution >= 4 is 17.4 Å². The quantitative estimate of drug-likeness (QED) is 0.408. The van der Waals surface area contributed by atoms with Gasteiger partial charge >= 0.3 is 0 Å². The molecule has 2 heterocycles. The lowest BCUT2D eigenvalue weighted by Gasteiger charge is -2.29. The Balaban J connectivity index is 1.75. The average molecular weight is 388 g/mol. The van der Waals surface area contributed by atoms with Crippen LogP contribution in [0.1, 0.15) is 50.2 Å². The maximum atomic E-state index is 15.7. The van der Waals surface area contributed by atoms with Gasteiger partial charge < -0.3 is 4.98 Å². The van der Waals surface area contributed by atoms with Crippen LogP contribution in [0.3, 0.4) is 0 Å². The van der Waals surface area contributed by atoms with E-state index in [-0.39, 0.29) is 5.82 Å². The predicted octanol–water partition coefficient (Wildman–Crippen LogP) is 6.12. The first-order valence-corrected chi connectivity index (χ1v) is 10.0. The van der Waals surface area contributed by atoms with Crippen LogP contribution in [-0.4, -0.2) is 21.2 Å². The summed E-state index contributed by atoms with van der Waals surface area (Å²) in [6.45, 7) is 7.94. The fraction of sp³-hybridized carbons (Fsp3) is 0.292. The molecule has 0 bridgehead atoms. The average Bonchev–Trinajstić information content (AvgIpc) is 3.11. The van der Waals surface area contributed by atoms with Crippen LogP contribution in [0.15, 0.2) is 59.5 Å². The molecule has 4 nitrogen and oxygen atoms in total. The van der Waals surface area contributed by atoms with Crippen LogP contribution in [0.25, 0.3) is 22.4 Å². The topological polar surface area (TPSA) is 53.9 Å². The predicted molar refractivity (Wildman–Crippen MR) is 117 cm³/mol. The number of benzene rings is 1. The molecule has 0 unspecified atom stereocenters. The van der Waals surface area contributed by atoms with E-state index < -0.39 is 0 Å². The lowest BCUT2D eigenvalue weighted by molar-refractivity contribution is 0.415. The number of halogens is 1. The molecule has 148 valence electrons. The summed E-state index contributed by atoms with van der Waals surface area (Å²) < 4.78 is 15.7. The summed E-state index contributed by atoms with van der Waals surface area (Å²) in [5, 5.41) is 0. The number of hydrogen-bond donors (Lipinski definition) is 1. The van der Waals surface area contributed by atoms with Crippen LogP contribution in [0.5, 0.6) is 0 Å². The van der Waals surface area contributed by atoms with Crippen molar-refractivity contribution in [2.24, 2.45) is 4.99 Å². The van der Waals surface area contributed by atoms with E-state index in [9.17, 15) is 0 Å². The highest BCUT2D eigenvalue weighted by molar-refractivity contribution is 5.74. The summed E-state index contributed by atoms with van der Waals surface area (Å²) in [7, 11) is 0. The molecule has 1 saturated carbocycles. The molecule has 29 heavy (non-hydrogen) atoms. The van der Waals surface area contributed by atoms with Crippen molar-refractivity contribution in [1.29, 1.82) is 0 Å². The molecule has 1 fully saturated rings. The van der Waals surface area contributed by atoms with Gasteiger partial charge in [0.2, 0.25) is 0 Å². The Morgan fingerprint density at radius 2 is 2.17 bits per heavy atom. The Morgan fingerprint density at radius 3 is 2.90 bits per heavy atom. The summed E-state index contributed by atoms with van der Waals surface area (Å²) >= 11 is 0. The van der Waals surface area contributed by atoms with E-state index in [1.165, 1.54) is 6.42 Å². The smallest absolute Gasteiger partial charge is 0.156 e. The summed E-state index contributed by atoms with van der Waals surface area (Å²) in [6, 6.07) is 5.76. The van der Waals surface area contributed by atoms with Crippen molar-refractivity contribution < 1.29 is 4.39 Å². The summed E-state index contributed by atoms with van der Waals surface area (Å²) in [6.07, 6.45) is 11.0. The number of hydrogen-bond acceptors (Lipinski definition) is 3. The van der Waals surface area contributed by atoms with E-state index in [4.69, 9.17) is 0 Å². The first-order chi connectivity index (χ1) is 14.1. The number of aromatic nitrogens is 3. The van der Waals surface area contributed by atoms with Crippen LogP contribution in [-0.2, 0) is 6.42 Å². The molecule has 3 aromatic rings. The molecule has 0 radical (unpaired) electrons. The number of allylic oxidation sites excluding steroid dienone is 3. The van der Waals surface area contributed by atoms with Crippen LogP contribution >= 0.6 is 0 Å². The van der Waals surface area contributed by atoms with Crippen molar-refractivity contribution in [2.45, 2.75) is 45.4 Å². The van der Waals surface area contributed by atoms with Crippen LogP contribution in [0.2, 0.25) is 0 Å². The molecule has 5 heteroatoms. The second kappa shape index (κ2) is 8.11. The number of nitrogens with zero attached hydrogens (tertiary/aromatic N) is 3. The molecule has 1 aliphatic rings. The van der Waals surface area contributed by atoms with Gasteiger partial charge in [-0.3, -0.25) is 4.99 Å².